The third kappa shape index (κ3) is 3.91. The number of nitrogens with zero attached hydrogens (tertiary/aromatic N) is 1. The first-order valence-electron chi connectivity index (χ1n) is 6.62. The third-order valence-corrected chi connectivity index (χ3v) is 3.55. The Morgan fingerprint density at radius 3 is 2.76 bits per heavy atom. The largest absolute Gasteiger partial charge is 0.481 e. The standard InChI is InChI=1S/C14H22N2O/c1-17-14-8-7-13(11-16-14)15-10-9-12-5-3-2-4-6-12/h7-8,11-12,15H,2-6,9-10H2,1H3. The maximum absolute atomic E-state index is 5.03. The lowest BCUT2D eigenvalue weighted by Crippen LogP contribution is -2.12. The number of pyridine rings is 1. The van der Waals surface area contributed by atoms with E-state index >= 15 is 0 Å². The van der Waals surface area contributed by atoms with Gasteiger partial charge in [0.15, 0.2) is 0 Å². The van der Waals surface area contributed by atoms with E-state index in [9.17, 15) is 0 Å². The molecule has 0 unspecified atom stereocenters. The van der Waals surface area contributed by atoms with Crippen molar-refractivity contribution in [2.24, 2.45) is 5.92 Å². The number of nitrogens with one attached hydrogen (secondary N) is 1. The Hall–Kier alpha value is -1.25. The summed E-state index contributed by atoms with van der Waals surface area (Å²) in [5.74, 6) is 1.60. The van der Waals surface area contributed by atoms with Gasteiger partial charge in [-0.1, -0.05) is 32.1 Å². The molecular formula is C14H22N2O. The van der Waals surface area contributed by atoms with Crippen LogP contribution in [0.15, 0.2) is 18.3 Å². The molecule has 1 aliphatic carbocycles. The number of ether oxygens (including phenoxy) is 1. The molecule has 17 heavy (non-hydrogen) atoms. The number of methoxy groups -OCH3 is 1. The van der Waals surface area contributed by atoms with Gasteiger partial charge in [0, 0.05) is 12.6 Å². The van der Waals surface area contributed by atoms with E-state index in [2.05, 4.69) is 10.3 Å². The van der Waals surface area contributed by atoms with Crippen LogP contribution in [0.3, 0.4) is 0 Å². The molecule has 1 aromatic heterocycles. The highest BCUT2D eigenvalue weighted by Gasteiger charge is 2.12. The van der Waals surface area contributed by atoms with Crippen LogP contribution in [0.5, 0.6) is 5.88 Å². The molecule has 94 valence electrons. The second-order valence-electron chi connectivity index (χ2n) is 4.81. The van der Waals surface area contributed by atoms with Crippen LogP contribution in [0.4, 0.5) is 5.69 Å². The number of aromatic nitrogens is 1. The highest BCUT2D eigenvalue weighted by atomic mass is 16.5. The molecule has 1 aliphatic rings. The second kappa shape index (κ2) is 6.48. The molecule has 1 saturated carbocycles. The van der Waals surface area contributed by atoms with E-state index in [0.717, 1.165) is 18.2 Å². The van der Waals surface area contributed by atoms with Gasteiger partial charge in [-0.3, -0.25) is 0 Å². The lowest BCUT2D eigenvalue weighted by Gasteiger charge is -2.21. The quantitative estimate of drug-likeness (QED) is 0.847. The Bertz CT molecular complexity index is 317. The van der Waals surface area contributed by atoms with Gasteiger partial charge >= 0.3 is 0 Å². The highest BCUT2D eigenvalue weighted by molar-refractivity contribution is 5.41. The van der Waals surface area contributed by atoms with Crippen molar-refractivity contribution in [2.45, 2.75) is 38.5 Å². The Kier molecular flexibility index (Phi) is 4.65. The third-order valence-electron chi connectivity index (χ3n) is 3.55. The average Bonchev–Trinajstić information content (AvgIpc) is 2.41. The van der Waals surface area contributed by atoms with Gasteiger partial charge in [-0.25, -0.2) is 4.98 Å². The molecule has 3 heteroatoms. The minimum absolute atomic E-state index is 0.669. The Morgan fingerprint density at radius 2 is 2.12 bits per heavy atom. The zero-order chi connectivity index (χ0) is 11.9. The Morgan fingerprint density at radius 1 is 1.29 bits per heavy atom. The average molecular weight is 234 g/mol. The van der Waals surface area contributed by atoms with E-state index in [4.69, 9.17) is 4.74 Å². The van der Waals surface area contributed by atoms with Gasteiger partial charge in [0.25, 0.3) is 0 Å². The summed E-state index contributed by atoms with van der Waals surface area (Å²) in [5, 5.41) is 3.43. The number of rotatable bonds is 5. The van der Waals surface area contributed by atoms with Crippen LogP contribution in [0.25, 0.3) is 0 Å². The summed E-state index contributed by atoms with van der Waals surface area (Å²) in [6.07, 6.45) is 10.2. The lowest BCUT2D eigenvalue weighted by atomic mass is 9.87. The van der Waals surface area contributed by atoms with E-state index in [1.165, 1.54) is 38.5 Å². The normalized spacial score (nSPS) is 16.8. The van der Waals surface area contributed by atoms with Gasteiger partial charge in [-0.05, 0) is 18.4 Å². The van der Waals surface area contributed by atoms with Crippen molar-refractivity contribution in [3.63, 3.8) is 0 Å². The number of hydrogen-bond donors (Lipinski definition) is 1. The molecule has 0 aliphatic heterocycles. The van der Waals surface area contributed by atoms with Gasteiger partial charge in [0.05, 0.1) is 19.0 Å². The van der Waals surface area contributed by atoms with Crippen molar-refractivity contribution < 1.29 is 4.74 Å². The monoisotopic (exact) mass is 234 g/mol. The maximum atomic E-state index is 5.03. The SMILES string of the molecule is COc1ccc(NCCC2CCCCC2)cn1. The van der Waals surface area contributed by atoms with Crippen molar-refractivity contribution in [2.75, 3.05) is 19.0 Å². The summed E-state index contributed by atoms with van der Waals surface area (Å²) >= 11 is 0. The van der Waals surface area contributed by atoms with Gasteiger partial charge in [0.2, 0.25) is 5.88 Å². The maximum Gasteiger partial charge on any atom is 0.213 e. The summed E-state index contributed by atoms with van der Waals surface area (Å²) < 4.78 is 5.03. The van der Waals surface area contributed by atoms with Crippen molar-refractivity contribution >= 4 is 5.69 Å². The summed E-state index contributed by atoms with van der Waals surface area (Å²) in [6, 6.07) is 3.91. The zero-order valence-electron chi connectivity index (χ0n) is 10.6. The molecule has 0 spiro atoms. The molecule has 0 aromatic carbocycles. The minimum Gasteiger partial charge on any atom is -0.481 e. The van der Waals surface area contributed by atoms with E-state index < -0.39 is 0 Å². The fourth-order valence-electron chi connectivity index (χ4n) is 2.50. The van der Waals surface area contributed by atoms with Gasteiger partial charge in [-0.15, -0.1) is 0 Å². The zero-order valence-corrected chi connectivity index (χ0v) is 10.6. The number of hydrogen-bond acceptors (Lipinski definition) is 3. The lowest BCUT2D eigenvalue weighted by molar-refractivity contribution is 0.345. The van der Waals surface area contributed by atoms with Crippen LogP contribution >= 0.6 is 0 Å². The summed E-state index contributed by atoms with van der Waals surface area (Å²) in [6.45, 7) is 1.05. The van der Waals surface area contributed by atoms with E-state index in [-0.39, 0.29) is 0 Å². The molecule has 0 amide bonds. The van der Waals surface area contributed by atoms with Crippen LogP contribution in [0.1, 0.15) is 38.5 Å². The first-order chi connectivity index (χ1) is 8.38. The van der Waals surface area contributed by atoms with Crippen LogP contribution in [-0.4, -0.2) is 18.6 Å². The Balaban J connectivity index is 1.69. The molecule has 2 rings (SSSR count). The summed E-state index contributed by atoms with van der Waals surface area (Å²) in [5.41, 5.74) is 1.08. The molecule has 0 bridgehead atoms. The minimum atomic E-state index is 0.669. The fourth-order valence-corrected chi connectivity index (χ4v) is 2.50. The summed E-state index contributed by atoms with van der Waals surface area (Å²) in [7, 11) is 1.64. The predicted octanol–water partition coefficient (Wildman–Crippen LogP) is 3.47. The van der Waals surface area contributed by atoms with Gasteiger partial charge < -0.3 is 10.1 Å². The van der Waals surface area contributed by atoms with Crippen molar-refractivity contribution in [3.8, 4) is 5.88 Å². The smallest absolute Gasteiger partial charge is 0.213 e. The summed E-state index contributed by atoms with van der Waals surface area (Å²) in [4.78, 5) is 4.18. The van der Waals surface area contributed by atoms with Crippen LogP contribution in [-0.2, 0) is 0 Å². The van der Waals surface area contributed by atoms with E-state index in [1.807, 2.05) is 18.3 Å². The first kappa shape index (κ1) is 12.2. The molecule has 0 saturated heterocycles. The van der Waals surface area contributed by atoms with Crippen molar-refractivity contribution in [3.05, 3.63) is 18.3 Å². The molecule has 1 heterocycles. The van der Waals surface area contributed by atoms with Crippen LogP contribution in [0.2, 0.25) is 0 Å². The van der Waals surface area contributed by atoms with Gasteiger partial charge in [0.1, 0.15) is 0 Å². The van der Waals surface area contributed by atoms with Crippen molar-refractivity contribution in [1.29, 1.82) is 0 Å². The van der Waals surface area contributed by atoms with E-state index in [1.54, 1.807) is 7.11 Å². The molecule has 1 N–H and O–H groups in total. The molecule has 3 nitrogen and oxygen atoms in total. The topological polar surface area (TPSA) is 34.1 Å². The van der Waals surface area contributed by atoms with Crippen LogP contribution < -0.4 is 10.1 Å². The molecule has 1 aromatic rings. The second-order valence-corrected chi connectivity index (χ2v) is 4.81. The predicted molar refractivity (Wildman–Crippen MR) is 70.5 cm³/mol. The molecule has 1 fully saturated rings. The van der Waals surface area contributed by atoms with Crippen LogP contribution in [0, 0.1) is 5.92 Å². The molecule has 0 radical (unpaired) electrons. The number of anilines is 1. The molecule has 0 atom stereocenters. The molecular weight excluding hydrogens is 212 g/mol. The Labute approximate surface area is 104 Å². The van der Waals surface area contributed by atoms with E-state index in [0.29, 0.717) is 5.88 Å². The highest BCUT2D eigenvalue weighted by Crippen LogP contribution is 2.26. The van der Waals surface area contributed by atoms with Crippen molar-refractivity contribution in [1.82, 2.24) is 4.98 Å². The fraction of sp³-hybridized carbons (Fsp3) is 0.643. The first-order valence-corrected chi connectivity index (χ1v) is 6.62. The van der Waals surface area contributed by atoms with Gasteiger partial charge in [-0.2, -0.15) is 0 Å².